The summed E-state index contributed by atoms with van der Waals surface area (Å²) in [6, 6.07) is 7.73. The van der Waals surface area contributed by atoms with Crippen LogP contribution in [0.2, 0.25) is 0 Å². The molecule has 156 valence electrons. The molecule has 1 saturated carbocycles. The fourth-order valence-corrected chi connectivity index (χ4v) is 5.65. The van der Waals surface area contributed by atoms with Crippen LogP contribution in [0.25, 0.3) is 11.0 Å². The quantitative estimate of drug-likeness (QED) is 0.610. The van der Waals surface area contributed by atoms with Gasteiger partial charge < -0.3 is 14.1 Å². The molecule has 0 spiro atoms. The normalized spacial score (nSPS) is 18.9. The fraction of sp³-hybridized carbons (Fsp3) is 0.565. The first-order valence-electron chi connectivity index (χ1n) is 10.8. The monoisotopic (exact) mass is 415 g/mol. The van der Waals surface area contributed by atoms with Crippen molar-refractivity contribution in [2.24, 2.45) is 0 Å². The van der Waals surface area contributed by atoms with Crippen molar-refractivity contribution in [1.82, 2.24) is 4.90 Å². The van der Waals surface area contributed by atoms with Gasteiger partial charge in [-0.1, -0.05) is 37.5 Å². The van der Waals surface area contributed by atoms with E-state index in [1.165, 1.54) is 32.1 Å². The minimum Gasteiger partial charge on any atom is -0.449 e. The Bertz CT molecular complexity index is 865. The predicted molar refractivity (Wildman–Crippen MR) is 115 cm³/mol. The Hall–Kier alpha value is -1.95. The van der Waals surface area contributed by atoms with E-state index in [0.29, 0.717) is 10.8 Å². The first-order chi connectivity index (χ1) is 14.1. The number of amides is 1. The zero-order valence-electron chi connectivity index (χ0n) is 17.0. The average molecular weight is 416 g/mol. The second-order valence-electron chi connectivity index (χ2n) is 8.06. The van der Waals surface area contributed by atoms with Gasteiger partial charge in [0.25, 0.3) is 5.91 Å². The second kappa shape index (κ2) is 9.24. The standard InChI is InChI=1S/C23H29NO4S/c1-16(22(25)24-13-7-8-14-24)27-23(26)21-19(15-29-17-9-3-2-4-10-17)18-11-5-6-12-20(18)28-21/h5-6,11-12,16-17H,2-4,7-10,13-15H2,1H3/t16-/m1/s1. The van der Waals surface area contributed by atoms with Crippen molar-refractivity contribution in [1.29, 1.82) is 0 Å². The Balaban J connectivity index is 1.50. The minimum absolute atomic E-state index is 0.120. The first-order valence-corrected chi connectivity index (χ1v) is 11.8. The zero-order chi connectivity index (χ0) is 20.2. The van der Waals surface area contributed by atoms with Crippen LogP contribution in [0.3, 0.4) is 0 Å². The molecule has 2 aromatic rings. The summed E-state index contributed by atoms with van der Waals surface area (Å²) in [7, 11) is 0. The van der Waals surface area contributed by atoms with E-state index in [2.05, 4.69) is 0 Å². The van der Waals surface area contributed by atoms with Crippen molar-refractivity contribution in [3.05, 3.63) is 35.6 Å². The number of hydrogen-bond donors (Lipinski definition) is 0. The molecule has 1 amide bonds. The van der Waals surface area contributed by atoms with Gasteiger partial charge in [0.15, 0.2) is 6.10 Å². The Labute approximate surface area is 176 Å². The third kappa shape index (κ3) is 4.63. The fourth-order valence-electron chi connectivity index (χ4n) is 4.30. The summed E-state index contributed by atoms with van der Waals surface area (Å²) in [4.78, 5) is 27.2. The van der Waals surface area contributed by atoms with E-state index in [4.69, 9.17) is 9.15 Å². The molecule has 0 radical (unpaired) electrons. The number of rotatable bonds is 6. The van der Waals surface area contributed by atoms with E-state index in [1.54, 1.807) is 11.8 Å². The third-order valence-corrected chi connectivity index (χ3v) is 7.35. The lowest BCUT2D eigenvalue weighted by molar-refractivity contribution is -0.138. The highest BCUT2D eigenvalue weighted by atomic mass is 32.2. The van der Waals surface area contributed by atoms with Gasteiger partial charge in [0, 0.05) is 35.0 Å². The second-order valence-corrected chi connectivity index (χ2v) is 9.35. The Morgan fingerprint density at radius 2 is 1.86 bits per heavy atom. The molecule has 6 heteroatoms. The number of nitrogens with zero attached hydrogens (tertiary/aromatic N) is 1. The van der Waals surface area contributed by atoms with Gasteiger partial charge in [0.2, 0.25) is 5.76 Å². The van der Waals surface area contributed by atoms with Gasteiger partial charge in [0.05, 0.1) is 0 Å². The van der Waals surface area contributed by atoms with Gasteiger partial charge >= 0.3 is 5.97 Å². The molecule has 0 unspecified atom stereocenters. The van der Waals surface area contributed by atoms with E-state index < -0.39 is 12.1 Å². The van der Waals surface area contributed by atoms with Crippen molar-refractivity contribution >= 4 is 34.6 Å². The van der Waals surface area contributed by atoms with E-state index in [1.807, 2.05) is 36.0 Å². The molecule has 1 aliphatic carbocycles. The molecule has 1 aliphatic heterocycles. The zero-order valence-corrected chi connectivity index (χ0v) is 17.8. The maximum Gasteiger partial charge on any atom is 0.375 e. The van der Waals surface area contributed by atoms with Crippen molar-refractivity contribution in [2.45, 2.75) is 69.0 Å². The van der Waals surface area contributed by atoms with Gasteiger partial charge in [-0.15, -0.1) is 0 Å². The van der Waals surface area contributed by atoms with Crippen LogP contribution in [-0.4, -0.2) is 41.2 Å². The summed E-state index contributed by atoms with van der Waals surface area (Å²) in [5.41, 5.74) is 1.58. The number of hydrogen-bond acceptors (Lipinski definition) is 5. The number of ether oxygens (including phenoxy) is 1. The summed E-state index contributed by atoms with van der Waals surface area (Å²) in [5.74, 6) is 0.307. The lowest BCUT2D eigenvalue weighted by atomic mass is 10.0. The number of esters is 1. The van der Waals surface area contributed by atoms with Crippen LogP contribution in [-0.2, 0) is 15.3 Å². The predicted octanol–water partition coefficient (Wildman–Crippen LogP) is 5.17. The molecule has 1 aromatic heterocycles. The SMILES string of the molecule is C[C@@H](OC(=O)c1oc2ccccc2c1CSC1CCCCC1)C(=O)N1CCCC1. The van der Waals surface area contributed by atoms with Gasteiger partial charge in [-0.05, 0) is 38.7 Å². The molecule has 0 bridgehead atoms. The Morgan fingerprint density at radius 1 is 1.14 bits per heavy atom. The minimum atomic E-state index is -0.798. The van der Waals surface area contributed by atoms with Crippen LogP contribution in [0.5, 0.6) is 0 Å². The molecule has 2 heterocycles. The number of carbonyl (C=O) groups is 2. The summed E-state index contributed by atoms with van der Waals surface area (Å²) in [5, 5.41) is 1.60. The molecule has 1 saturated heterocycles. The van der Waals surface area contributed by atoms with Crippen molar-refractivity contribution in [3.63, 3.8) is 0 Å². The van der Waals surface area contributed by atoms with Crippen LogP contribution in [0, 0.1) is 0 Å². The van der Waals surface area contributed by atoms with Gasteiger partial charge in [0.1, 0.15) is 5.58 Å². The molecule has 1 aromatic carbocycles. The topological polar surface area (TPSA) is 59.8 Å². The maximum atomic E-state index is 12.9. The largest absolute Gasteiger partial charge is 0.449 e. The van der Waals surface area contributed by atoms with Crippen LogP contribution < -0.4 is 0 Å². The molecule has 5 nitrogen and oxygen atoms in total. The average Bonchev–Trinajstić information content (AvgIpc) is 3.40. The number of likely N-dealkylation sites (tertiary alicyclic amines) is 1. The van der Waals surface area contributed by atoms with Gasteiger partial charge in [-0.2, -0.15) is 11.8 Å². The highest BCUT2D eigenvalue weighted by Crippen LogP contribution is 2.35. The van der Waals surface area contributed by atoms with Crippen molar-refractivity contribution in [3.8, 4) is 0 Å². The Kier molecular flexibility index (Phi) is 6.48. The van der Waals surface area contributed by atoms with E-state index in [0.717, 1.165) is 42.6 Å². The lowest BCUT2D eigenvalue weighted by Crippen LogP contribution is -2.38. The Morgan fingerprint density at radius 3 is 2.62 bits per heavy atom. The maximum absolute atomic E-state index is 12.9. The molecule has 1 atom stereocenters. The lowest BCUT2D eigenvalue weighted by Gasteiger charge is -2.21. The summed E-state index contributed by atoms with van der Waals surface area (Å²) >= 11 is 1.90. The summed E-state index contributed by atoms with van der Waals surface area (Å²) in [6.07, 6.45) is 7.60. The van der Waals surface area contributed by atoms with E-state index in [-0.39, 0.29) is 11.7 Å². The van der Waals surface area contributed by atoms with Gasteiger partial charge in [-0.3, -0.25) is 4.79 Å². The molecule has 29 heavy (non-hydrogen) atoms. The number of carbonyl (C=O) groups excluding carboxylic acids is 2. The van der Waals surface area contributed by atoms with Crippen LogP contribution >= 0.6 is 11.8 Å². The molecule has 4 rings (SSSR count). The van der Waals surface area contributed by atoms with E-state index in [9.17, 15) is 9.59 Å². The first kappa shape index (κ1) is 20.3. The van der Waals surface area contributed by atoms with Crippen LogP contribution in [0.15, 0.2) is 28.7 Å². The molecular weight excluding hydrogens is 386 g/mol. The summed E-state index contributed by atoms with van der Waals surface area (Å²) in [6.45, 7) is 3.14. The molecule has 2 aliphatic rings. The third-order valence-electron chi connectivity index (χ3n) is 5.95. The highest BCUT2D eigenvalue weighted by Gasteiger charge is 2.29. The number of para-hydroxylation sites is 1. The smallest absolute Gasteiger partial charge is 0.375 e. The van der Waals surface area contributed by atoms with Crippen molar-refractivity contribution < 1.29 is 18.7 Å². The molecular formula is C23H29NO4S. The van der Waals surface area contributed by atoms with Gasteiger partial charge in [-0.25, -0.2) is 4.79 Å². The van der Waals surface area contributed by atoms with Crippen molar-refractivity contribution in [2.75, 3.05) is 13.1 Å². The van der Waals surface area contributed by atoms with E-state index >= 15 is 0 Å². The number of fused-ring (bicyclic) bond motifs is 1. The number of benzene rings is 1. The summed E-state index contributed by atoms with van der Waals surface area (Å²) < 4.78 is 11.4. The molecule has 0 N–H and O–H groups in total. The number of furan rings is 1. The molecule has 2 fully saturated rings. The van der Waals surface area contributed by atoms with Crippen LogP contribution in [0.4, 0.5) is 0 Å². The number of thioether (sulfide) groups is 1. The highest BCUT2D eigenvalue weighted by molar-refractivity contribution is 7.99. The van der Waals surface area contributed by atoms with Crippen LogP contribution in [0.1, 0.15) is 68.0 Å².